The average molecular weight is 292 g/mol. The number of carbonyl (C=O) groups excluding carboxylic acids is 1. The highest BCUT2D eigenvalue weighted by atomic mass is 16.1. The van der Waals surface area contributed by atoms with Crippen LogP contribution < -0.4 is 5.32 Å². The van der Waals surface area contributed by atoms with Crippen LogP contribution in [0, 0.1) is 0 Å². The molecule has 1 N–H and O–H groups in total. The predicted octanol–water partition coefficient (Wildman–Crippen LogP) is 2.68. The van der Waals surface area contributed by atoms with Gasteiger partial charge in [-0.3, -0.25) is 4.79 Å². The summed E-state index contributed by atoms with van der Waals surface area (Å²) in [6.07, 6.45) is 6.64. The lowest BCUT2D eigenvalue weighted by Crippen LogP contribution is -2.39. The first kappa shape index (κ1) is 13.0. The smallest absolute Gasteiger partial charge is 0.256 e. The molecule has 4 rings (SSSR count). The van der Waals surface area contributed by atoms with E-state index >= 15 is 0 Å². The largest absolute Gasteiger partial charge is 0.349 e. The fraction of sp³-hybridized carbons (Fsp3) is 0.235. The molecule has 1 amide bonds. The zero-order valence-electron chi connectivity index (χ0n) is 12.1. The Balaban J connectivity index is 1.75. The van der Waals surface area contributed by atoms with Crippen molar-refractivity contribution in [2.45, 2.75) is 25.3 Å². The third kappa shape index (κ3) is 2.15. The summed E-state index contributed by atoms with van der Waals surface area (Å²) in [6.45, 7) is 0. The topological polar surface area (TPSA) is 59.3 Å². The highest BCUT2D eigenvalue weighted by molar-refractivity contribution is 6.00. The fourth-order valence-corrected chi connectivity index (χ4v) is 2.69. The highest BCUT2D eigenvalue weighted by Gasteiger charge is 2.22. The maximum Gasteiger partial charge on any atom is 0.256 e. The van der Waals surface area contributed by atoms with Crippen molar-refractivity contribution in [1.82, 2.24) is 19.9 Å². The Morgan fingerprint density at radius 2 is 2.00 bits per heavy atom. The molecule has 0 unspecified atom stereocenters. The first-order valence-corrected chi connectivity index (χ1v) is 7.52. The summed E-state index contributed by atoms with van der Waals surface area (Å²) in [4.78, 5) is 16.7. The van der Waals surface area contributed by atoms with Crippen LogP contribution in [0.15, 0.2) is 48.8 Å². The molecule has 0 radical (unpaired) electrons. The van der Waals surface area contributed by atoms with Gasteiger partial charge in [0.25, 0.3) is 5.91 Å². The van der Waals surface area contributed by atoms with Crippen molar-refractivity contribution in [3.05, 3.63) is 54.4 Å². The number of hydrogen-bond donors (Lipinski definition) is 1. The Morgan fingerprint density at radius 3 is 2.73 bits per heavy atom. The highest BCUT2D eigenvalue weighted by Crippen LogP contribution is 2.22. The summed E-state index contributed by atoms with van der Waals surface area (Å²) in [5.41, 5.74) is 3.10. The van der Waals surface area contributed by atoms with Crippen LogP contribution >= 0.6 is 0 Å². The monoisotopic (exact) mass is 292 g/mol. The van der Waals surface area contributed by atoms with E-state index in [0.717, 1.165) is 24.1 Å². The van der Waals surface area contributed by atoms with Gasteiger partial charge < -0.3 is 5.32 Å². The molecule has 1 fully saturated rings. The first-order valence-electron chi connectivity index (χ1n) is 7.52. The molecule has 0 atom stereocenters. The summed E-state index contributed by atoms with van der Waals surface area (Å²) in [7, 11) is 0. The number of aromatic nitrogens is 3. The van der Waals surface area contributed by atoms with Crippen molar-refractivity contribution in [1.29, 1.82) is 0 Å². The number of carbonyl (C=O) groups is 1. The first-order chi connectivity index (χ1) is 10.8. The van der Waals surface area contributed by atoms with Crippen molar-refractivity contribution in [3.8, 4) is 11.3 Å². The second kappa shape index (κ2) is 5.26. The summed E-state index contributed by atoms with van der Waals surface area (Å²) in [6, 6.07) is 12.2. The van der Waals surface area contributed by atoms with E-state index in [1.165, 1.54) is 6.42 Å². The van der Waals surface area contributed by atoms with Crippen molar-refractivity contribution in [2.75, 3.05) is 0 Å². The molecule has 1 aliphatic rings. The quantitative estimate of drug-likeness (QED) is 0.807. The van der Waals surface area contributed by atoms with Crippen molar-refractivity contribution < 1.29 is 4.79 Å². The minimum atomic E-state index is -0.0857. The van der Waals surface area contributed by atoms with Crippen molar-refractivity contribution in [3.63, 3.8) is 0 Å². The third-order valence-corrected chi connectivity index (χ3v) is 4.16. The third-order valence-electron chi connectivity index (χ3n) is 4.16. The van der Waals surface area contributed by atoms with Gasteiger partial charge in [-0.05, 0) is 25.3 Å². The van der Waals surface area contributed by atoms with Crippen LogP contribution in [0.1, 0.15) is 29.6 Å². The Hall–Kier alpha value is -2.69. The molecule has 1 aromatic carbocycles. The number of fused-ring (bicyclic) bond motifs is 1. The maximum absolute atomic E-state index is 12.4. The van der Waals surface area contributed by atoms with E-state index in [0.29, 0.717) is 17.3 Å². The van der Waals surface area contributed by atoms with Gasteiger partial charge in [0.2, 0.25) is 0 Å². The standard InChI is InChI=1S/C17H16N4O/c22-17(20-13-7-4-8-13)14-11-19-21-15(9-10-18-16(14)21)12-5-2-1-3-6-12/h1-3,5-6,9-11,13H,4,7-8H2,(H,20,22). The SMILES string of the molecule is O=C(NC1CCC1)c1cnn2c(-c3ccccc3)ccnc12. The minimum absolute atomic E-state index is 0.0857. The summed E-state index contributed by atoms with van der Waals surface area (Å²) in [5.74, 6) is -0.0857. The molecule has 0 bridgehead atoms. The molecule has 22 heavy (non-hydrogen) atoms. The van der Waals surface area contributed by atoms with Crippen molar-refractivity contribution >= 4 is 11.6 Å². The van der Waals surface area contributed by atoms with Crippen LogP contribution in [-0.4, -0.2) is 26.5 Å². The fourth-order valence-electron chi connectivity index (χ4n) is 2.69. The number of hydrogen-bond acceptors (Lipinski definition) is 3. The van der Waals surface area contributed by atoms with Crippen LogP contribution in [0.5, 0.6) is 0 Å². The maximum atomic E-state index is 12.4. The molecule has 1 saturated carbocycles. The van der Waals surface area contributed by atoms with Gasteiger partial charge in [0, 0.05) is 17.8 Å². The van der Waals surface area contributed by atoms with E-state index in [-0.39, 0.29) is 5.91 Å². The summed E-state index contributed by atoms with van der Waals surface area (Å²) in [5, 5.41) is 7.40. The summed E-state index contributed by atoms with van der Waals surface area (Å²) < 4.78 is 1.73. The second-order valence-corrected chi connectivity index (χ2v) is 5.59. The Labute approximate surface area is 128 Å². The van der Waals surface area contributed by atoms with Crippen LogP contribution in [0.2, 0.25) is 0 Å². The van der Waals surface area contributed by atoms with E-state index in [1.807, 2.05) is 36.4 Å². The number of amides is 1. The van der Waals surface area contributed by atoms with Gasteiger partial charge in [0.15, 0.2) is 5.65 Å². The van der Waals surface area contributed by atoms with E-state index in [9.17, 15) is 4.79 Å². The Morgan fingerprint density at radius 1 is 1.18 bits per heavy atom. The Bertz CT molecular complexity index is 821. The van der Waals surface area contributed by atoms with Crippen LogP contribution in [0.25, 0.3) is 16.9 Å². The van der Waals surface area contributed by atoms with Gasteiger partial charge in [-0.25, -0.2) is 9.50 Å². The zero-order chi connectivity index (χ0) is 14.9. The average Bonchev–Trinajstić information content (AvgIpc) is 2.95. The van der Waals surface area contributed by atoms with Crippen LogP contribution in [0.3, 0.4) is 0 Å². The van der Waals surface area contributed by atoms with Gasteiger partial charge in [-0.1, -0.05) is 30.3 Å². The molecular weight excluding hydrogens is 276 g/mol. The molecule has 110 valence electrons. The number of nitrogens with one attached hydrogen (secondary N) is 1. The Kier molecular flexibility index (Phi) is 3.11. The predicted molar refractivity (Wildman–Crippen MR) is 83.5 cm³/mol. The van der Waals surface area contributed by atoms with E-state index < -0.39 is 0 Å². The number of nitrogens with zero attached hydrogens (tertiary/aromatic N) is 3. The van der Waals surface area contributed by atoms with Crippen molar-refractivity contribution in [2.24, 2.45) is 0 Å². The molecular formula is C17H16N4O. The summed E-state index contributed by atoms with van der Waals surface area (Å²) >= 11 is 0. The van der Waals surface area contributed by atoms with E-state index in [1.54, 1.807) is 16.9 Å². The van der Waals surface area contributed by atoms with E-state index in [4.69, 9.17) is 0 Å². The minimum Gasteiger partial charge on any atom is -0.349 e. The molecule has 3 aromatic rings. The number of rotatable bonds is 3. The molecule has 5 heteroatoms. The normalized spacial score (nSPS) is 14.7. The lowest BCUT2D eigenvalue weighted by Gasteiger charge is -2.26. The number of benzene rings is 1. The molecule has 5 nitrogen and oxygen atoms in total. The molecule has 0 aliphatic heterocycles. The second-order valence-electron chi connectivity index (χ2n) is 5.59. The molecule has 2 heterocycles. The molecule has 1 aliphatic carbocycles. The van der Waals surface area contributed by atoms with Gasteiger partial charge in [0.05, 0.1) is 11.9 Å². The van der Waals surface area contributed by atoms with Crippen LogP contribution in [-0.2, 0) is 0 Å². The van der Waals surface area contributed by atoms with Crippen LogP contribution in [0.4, 0.5) is 0 Å². The van der Waals surface area contributed by atoms with E-state index in [2.05, 4.69) is 15.4 Å². The lowest BCUT2D eigenvalue weighted by molar-refractivity contribution is 0.0918. The zero-order valence-corrected chi connectivity index (χ0v) is 12.1. The molecule has 0 saturated heterocycles. The van der Waals surface area contributed by atoms with Gasteiger partial charge in [0.1, 0.15) is 5.56 Å². The molecule has 0 spiro atoms. The lowest BCUT2D eigenvalue weighted by atomic mass is 9.93. The van der Waals surface area contributed by atoms with Gasteiger partial charge in [-0.2, -0.15) is 5.10 Å². The van der Waals surface area contributed by atoms with Gasteiger partial charge >= 0.3 is 0 Å². The molecule has 2 aromatic heterocycles. The van der Waals surface area contributed by atoms with Gasteiger partial charge in [-0.15, -0.1) is 0 Å².